The zero-order valence-electron chi connectivity index (χ0n) is 9.75. The van der Waals surface area contributed by atoms with E-state index in [0.717, 1.165) is 24.9 Å². The monoisotopic (exact) mass is 222 g/mol. The third-order valence-electron chi connectivity index (χ3n) is 3.78. The highest BCUT2D eigenvalue weighted by Gasteiger charge is 2.39. The number of nitrogens with two attached hydrogens (primary N) is 1. The molecule has 0 spiro atoms. The van der Waals surface area contributed by atoms with Crippen molar-refractivity contribution < 1.29 is 4.39 Å². The molecule has 0 unspecified atom stereocenters. The van der Waals surface area contributed by atoms with Gasteiger partial charge in [-0.3, -0.25) is 4.90 Å². The summed E-state index contributed by atoms with van der Waals surface area (Å²) in [7, 11) is 2.08. The number of hydrogen-bond acceptors (Lipinski definition) is 2. The van der Waals surface area contributed by atoms with Gasteiger partial charge in [-0.2, -0.15) is 0 Å². The Kier molecular flexibility index (Phi) is 3.26. The summed E-state index contributed by atoms with van der Waals surface area (Å²) in [5.74, 6) is -0.165. The molecule has 2 N–H and O–H groups in total. The Morgan fingerprint density at radius 3 is 2.69 bits per heavy atom. The fourth-order valence-corrected chi connectivity index (χ4v) is 2.40. The summed E-state index contributed by atoms with van der Waals surface area (Å²) in [6, 6.07) is 6.79. The van der Waals surface area contributed by atoms with Crippen molar-refractivity contribution in [1.29, 1.82) is 0 Å². The van der Waals surface area contributed by atoms with Gasteiger partial charge in [0, 0.05) is 18.6 Å². The van der Waals surface area contributed by atoms with Crippen LogP contribution in [-0.4, -0.2) is 24.0 Å². The minimum absolute atomic E-state index is 0.159. The van der Waals surface area contributed by atoms with Crippen molar-refractivity contribution in [1.82, 2.24) is 4.90 Å². The molecule has 0 aromatic heterocycles. The van der Waals surface area contributed by atoms with Crippen LogP contribution in [0.15, 0.2) is 24.3 Å². The molecular formula is C13H19FN2. The third kappa shape index (κ3) is 2.11. The maximum atomic E-state index is 13.0. The maximum absolute atomic E-state index is 13.0. The second-order valence-corrected chi connectivity index (χ2v) is 4.77. The van der Waals surface area contributed by atoms with Gasteiger partial charge >= 0.3 is 0 Å². The molecule has 1 saturated carbocycles. The zero-order chi connectivity index (χ0) is 11.6. The van der Waals surface area contributed by atoms with Gasteiger partial charge in [-0.15, -0.1) is 0 Å². The lowest BCUT2D eigenvalue weighted by Crippen LogP contribution is -2.56. The Morgan fingerprint density at radius 1 is 1.44 bits per heavy atom. The summed E-state index contributed by atoms with van der Waals surface area (Å²) >= 11 is 0. The Balaban J connectivity index is 2.04. The summed E-state index contributed by atoms with van der Waals surface area (Å²) in [4.78, 5) is 2.27. The van der Waals surface area contributed by atoms with Crippen molar-refractivity contribution in [3.63, 3.8) is 0 Å². The molecule has 1 aliphatic rings. The molecule has 0 bridgehead atoms. The van der Waals surface area contributed by atoms with Crippen LogP contribution < -0.4 is 5.73 Å². The predicted octanol–water partition coefficient (Wildman–Crippen LogP) is 2.14. The zero-order valence-corrected chi connectivity index (χ0v) is 9.75. The van der Waals surface area contributed by atoms with E-state index in [1.54, 1.807) is 12.1 Å². The lowest BCUT2D eigenvalue weighted by Gasteiger charge is -2.48. The van der Waals surface area contributed by atoms with Gasteiger partial charge in [-0.05, 0) is 44.0 Å². The normalized spacial score (nSPS) is 18.5. The van der Waals surface area contributed by atoms with Crippen LogP contribution in [-0.2, 0) is 6.54 Å². The molecule has 3 heteroatoms. The first-order chi connectivity index (χ1) is 7.66. The van der Waals surface area contributed by atoms with Crippen molar-refractivity contribution >= 4 is 0 Å². The van der Waals surface area contributed by atoms with E-state index in [1.165, 1.54) is 12.5 Å². The first kappa shape index (κ1) is 11.6. The van der Waals surface area contributed by atoms with Crippen LogP contribution in [0.25, 0.3) is 0 Å². The van der Waals surface area contributed by atoms with E-state index >= 15 is 0 Å². The standard InChI is InChI=1S/C13H19FN2/c1-16(13(10-15)6-3-7-13)9-11-4-2-5-12(14)8-11/h2,4-5,8H,3,6-7,9-10,15H2,1H3. The van der Waals surface area contributed by atoms with Crippen LogP contribution in [0.2, 0.25) is 0 Å². The summed E-state index contributed by atoms with van der Waals surface area (Å²) in [5.41, 5.74) is 7.01. The lowest BCUT2D eigenvalue weighted by molar-refractivity contribution is 0.0398. The minimum atomic E-state index is -0.165. The lowest BCUT2D eigenvalue weighted by atomic mass is 9.75. The number of nitrogens with zero attached hydrogens (tertiary/aromatic N) is 1. The van der Waals surface area contributed by atoms with E-state index in [-0.39, 0.29) is 11.4 Å². The summed E-state index contributed by atoms with van der Waals surface area (Å²) in [5, 5.41) is 0. The Bertz CT molecular complexity index is 355. The van der Waals surface area contributed by atoms with Crippen LogP contribution in [0.5, 0.6) is 0 Å². The van der Waals surface area contributed by atoms with Crippen LogP contribution in [0, 0.1) is 5.82 Å². The van der Waals surface area contributed by atoms with Gasteiger partial charge in [0.25, 0.3) is 0 Å². The smallest absolute Gasteiger partial charge is 0.123 e. The predicted molar refractivity (Wildman–Crippen MR) is 63.5 cm³/mol. The first-order valence-electron chi connectivity index (χ1n) is 5.82. The molecule has 1 aromatic carbocycles. The van der Waals surface area contributed by atoms with Crippen molar-refractivity contribution in [3.8, 4) is 0 Å². The van der Waals surface area contributed by atoms with Crippen LogP contribution >= 0.6 is 0 Å². The van der Waals surface area contributed by atoms with E-state index in [1.807, 2.05) is 6.07 Å². The van der Waals surface area contributed by atoms with Crippen LogP contribution in [0.4, 0.5) is 4.39 Å². The topological polar surface area (TPSA) is 29.3 Å². The molecule has 1 aromatic rings. The molecule has 2 rings (SSSR count). The van der Waals surface area contributed by atoms with E-state index in [0.29, 0.717) is 6.54 Å². The average Bonchev–Trinajstić information content (AvgIpc) is 2.16. The SMILES string of the molecule is CN(Cc1cccc(F)c1)C1(CN)CCC1. The van der Waals surface area contributed by atoms with E-state index in [4.69, 9.17) is 5.73 Å². The van der Waals surface area contributed by atoms with Crippen LogP contribution in [0.3, 0.4) is 0 Å². The highest BCUT2D eigenvalue weighted by atomic mass is 19.1. The number of hydrogen-bond donors (Lipinski definition) is 1. The molecule has 0 heterocycles. The number of halogens is 1. The molecule has 2 nitrogen and oxygen atoms in total. The van der Waals surface area contributed by atoms with E-state index < -0.39 is 0 Å². The Hall–Kier alpha value is -0.930. The number of likely N-dealkylation sites (N-methyl/N-ethyl adjacent to an activating group) is 1. The molecular weight excluding hydrogens is 203 g/mol. The van der Waals surface area contributed by atoms with Gasteiger partial charge in [-0.25, -0.2) is 4.39 Å². The van der Waals surface area contributed by atoms with Crippen molar-refractivity contribution in [2.75, 3.05) is 13.6 Å². The van der Waals surface area contributed by atoms with Crippen molar-refractivity contribution in [2.24, 2.45) is 5.73 Å². The second kappa shape index (κ2) is 4.52. The third-order valence-corrected chi connectivity index (χ3v) is 3.78. The van der Waals surface area contributed by atoms with Gasteiger partial charge in [0.1, 0.15) is 5.82 Å². The first-order valence-corrected chi connectivity index (χ1v) is 5.82. The summed E-state index contributed by atoms with van der Waals surface area (Å²) in [6.07, 6.45) is 3.58. The minimum Gasteiger partial charge on any atom is -0.329 e. The quantitative estimate of drug-likeness (QED) is 0.845. The second-order valence-electron chi connectivity index (χ2n) is 4.77. The summed E-state index contributed by atoms with van der Waals surface area (Å²) in [6.45, 7) is 1.47. The van der Waals surface area contributed by atoms with E-state index in [2.05, 4.69) is 11.9 Å². The van der Waals surface area contributed by atoms with Crippen molar-refractivity contribution in [2.45, 2.75) is 31.3 Å². The van der Waals surface area contributed by atoms with Gasteiger partial charge < -0.3 is 5.73 Å². The molecule has 0 saturated heterocycles. The highest BCUT2D eigenvalue weighted by molar-refractivity contribution is 5.17. The molecule has 1 fully saturated rings. The molecule has 0 aliphatic heterocycles. The fourth-order valence-electron chi connectivity index (χ4n) is 2.40. The molecule has 1 aliphatic carbocycles. The number of rotatable bonds is 4. The van der Waals surface area contributed by atoms with E-state index in [9.17, 15) is 4.39 Å². The number of benzene rings is 1. The Labute approximate surface area is 96.2 Å². The molecule has 0 atom stereocenters. The molecule has 88 valence electrons. The molecule has 0 amide bonds. The van der Waals surface area contributed by atoms with Gasteiger partial charge in [-0.1, -0.05) is 12.1 Å². The largest absolute Gasteiger partial charge is 0.329 e. The van der Waals surface area contributed by atoms with Gasteiger partial charge in [0.2, 0.25) is 0 Å². The van der Waals surface area contributed by atoms with Crippen molar-refractivity contribution in [3.05, 3.63) is 35.6 Å². The van der Waals surface area contributed by atoms with Gasteiger partial charge in [0.15, 0.2) is 0 Å². The molecule has 0 radical (unpaired) electrons. The highest BCUT2D eigenvalue weighted by Crippen LogP contribution is 2.36. The Morgan fingerprint density at radius 2 is 2.19 bits per heavy atom. The molecule has 16 heavy (non-hydrogen) atoms. The maximum Gasteiger partial charge on any atom is 0.123 e. The average molecular weight is 222 g/mol. The summed E-state index contributed by atoms with van der Waals surface area (Å²) < 4.78 is 13.0. The fraction of sp³-hybridized carbons (Fsp3) is 0.538. The van der Waals surface area contributed by atoms with Crippen LogP contribution in [0.1, 0.15) is 24.8 Å². The van der Waals surface area contributed by atoms with Gasteiger partial charge in [0.05, 0.1) is 0 Å².